The molecule has 0 atom stereocenters. The summed E-state index contributed by atoms with van der Waals surface area (Å²) in [5.74, 6) is 2.12. The molecule has 0 bridgehead atoms. The Kier molecular flexibility index (Phi) is 6.07. The monoisotopic (exact) mass is 325 g/mol. The van der Waals surface area contributed by atoms with Gasteiger partial charge in [-0.3, -0.25) is 4.90 Å². The molecule has 0 unspecified atom stereocenters. The van der Waals surface area contributed by atoms with E-state index < -0.39 is 0 Å². The summed E-state index contributed by atoms with van der Waals surface area (Å²) in [5.41, 5.74) is 1.21. The topological polar surface area (TPSA) is 28.6 Å². The summed E-state index contributed by atoms with van der Waals surface area (Å²) in [4.78, 5) is 9.36. The van der Waals surface area contributed by atoms with Crippen LogP contribution in [0.15, 0.2) is 48.7 Å². The summed E-state index contributed by atoms with van der Waals surface area (Å²) in [5, 5.41) is 0. The number of unbranched alkanes of at least 4 members (excludes halogenated alkanes) is 1. The predicted octanol–water partition coefficient (Wildman–Crippen LogP) is 3.37. The first-order valence-electron chi connectivity index (χ1n) is 8.90. The lowest BCUT2D eigenvalue weighted by molar-refractivity contribution is 0.238. The third-order valence-corrected chi connectivity index (χ3v) is 4.57. The molecule has 2 heterocycles. The van der Waals surface area contributed by atoms with E-state index in [-0.39, 0.29) is 0 Å². The van der Waals surface area contributed by atoms with Gasteiger partial charge in [0.05, 0.1) is 6.61 Å². The van der Waals surface area contributed by atoms with E-state index in [1.165, 1.54) is 12.0 Å². The number of hydrogen-bond donors (Lipinski definition) is 0. The van der Waals surface area contributed by atoms with Crippen molar-refractivity contribution in [3.63, 3.8) is 0 Å². The Morgan fingerprint density at radius 3 is 2.50 bits per heavy atom. The summed E-state index contributed by atoms with van der Waals surface area (Å²) in [7, 11) is 0. The van der Waals surface area contributed by atoms with Gasteiger partial charge in [0.2, 0.25) is 0 Å². The van der Waals surface area contributed by atoms with Crippen molar-refractivity contribution in [3.05, 3.63) is 54.2 Å². The lowest BCUT2D eigenvalue weighted by Gasteiger charge is -2.35. The van der Waals surface area contributed by atoms with E-state index in [1.807, 2.05) is 30.5 Å². The van der Waals surface area contributed by atoms with Crippen molar-refractivity contribution < 1.29 is 4.74 Å². The van der Waals surface area contributed by atoms with Crippen LogP contribution in [0.5, 0.6) is 5.75 Å². The first kappa shape index (κ1) is 16.8. The molecule has 1 fully saturated rings. The maximum atomic E-state index is 5.87. The van der Waals surface area contributed by atoms with Crippen LogP contribution in [0.3, 0.4) is 0 Å². The van der Waals surface area contributed by atoms with Crippen molar-refractivity contribution in [2.75, 3.05) is 44.2 Å². The second kappa shape index (κ2) is 8.69. The Hall–Kier alpha value is -2.07. The van der Waals surface area contributed by atoms with E-state index in [1.54, 1.807) is 0 Å². The van der Waals surface area contributed by atoms with Gasteiger partial charge >= 0.3 is 0 Å². The largest absolute Gasteiger partial charge is 0.493 e. The summed E-state index contributed by atoms with van der Waals surface area (Å²) in [6, 6.07) is 14.3. The normalized spacial score (nSPS) is 15.5. The Labute approximate surface area is 145 Å². The summed E-state index contributed by atoms with van der Waals surface area (Å²) >= 11 is 0. The van der Waals surface area contributed by atoms with Crippen molar-refractivity contribution in [3.8, 4) is 5.75 Å². The average molecular weight is 325 g/mol. The zero-order valence-electron chi connectivity index (χ0n) is 14.5. The predicted molar refractivity (Wildman–Crippen MR) is 98.8 cm³/mol. The molecule has 3 rings (SSSR count). The van der Waals surface area contributed by atoms with E-state index in [0.29, 0.717) is 0 Å². The van der Waals surface area contributed by atoms with Gasteiger partial charge in [-0.1, -0.05) is 24.3 Å². The Morgan fingerprint density at radius 2 is 1.75 bits per heavy atom. The minimum atomic E-state index is 0.804. The minimum Gasteiger partial charge on any atom is -0.493 e. The molecule has 1 aromatic heterocycles. The Bertz CT molecular complexity index is 609. The number of benzene rings is 1. The maximum Gasteiger partial charge on any atom is 0.128 e. The van der Waals surface area contributed by atoms with E-state index in [0.717, 1.165) is 57.3 Å². The van der Waals surface area contributed by atoms with Crippen LogP contribution in [-0.4, -0.2) is 49.2 Å². The SMILES string of the molecule is Cc1ccccc1OCCCCN1CCN(c2ccccn2)CC1. The summed E-state index contributed by atoms with van der Waals surface area (Å²) < 4.78 is 5.87. The van der Waals surface area contributed by atoms with Crippen LogP contribution in [0.2, 0.25) is 0 Å². The van der Waals surface area contributed by atoms with Gasteiger partial charge in [-0.05, 0) is 50.1 Å². The number of anilines is 1. The van der Waals surface area contributed by atoms with Crippen LogP contribution in [0.25, 0.3) is 0 Å². The second-order valence-corrected chi connectivity index (χ2v) is 6.34. The van der Waals surface area contributed by atoms with Crippen LogP contribution in [0, 0.1) is 6.92 Å². The highest BCUT2D eigenvalue weighted by Crippen LogP contribution is 2.17. The smallest absolute Gasteiger partial charge is 0.128 e. The number of nitrogens with zero attached hydrogens (tertiary/aromatic N) is 3. The fourth-order valence-corrected chi connectivity index (χ4v) is 3.08. The highest BCUT2D eigenvalue weighted by atomic mass is 16.5. The van der Waals surface area contributed by atoms with Crippen molar-refractivity contribution >= 4 is 5.82 Å². The number of ether oxygens (including phenoxy) is 1. The van der Waals surface area contributed by atoms with E-state index in [9.17, 15) is 0 Å². The van der Waals surface area contributed by atoms with Crippen molar-refractivity contribution in [1.82, 2.24) is 9.88 Å². The highest BCUT2D eigenvalue weighted by Gasteiger charge is 2.17. The van der Waals surface area contributed by atoms with E-state index in [2.05, 4.69) is 39.9 Å². The van der Waals surface area contributed by atoms with Gasteiger partial charge in [0.25, 0.3) is 0 Å². The molecular formula is C20H27N3O. The standard InChI is InChI=1S/C20H27N3O/c1-18-8-2-3-9-19(18)24-17-7-6-12-22-13-15-23(16-14-22)20-10-4-5-11-21-20/h2-5,8-11H,6-7,12-17H2,1H3. The first-order chi connectivity index (χ1) is 11.8. The molecule has 128 valence electrons. The van der Waals surface area contributed by atoms with Gasteiger partial charge in [0.15, 0.2) is 0 Å². The molecule has 0 N–H and O–H groups in total. The zero-order valence-corrected chi connectivity index (χ0v) is 14.5. The highest BCUT2D eigenvalue weighted by molar-refractivity contribution is 5.38. The molecule has 0 saturated carbocycles. The molecule has 0 aliphatic carbocycles. The summed E-state index contributed by atoms with van der Waals surface area (Å²) in [6.07, 6.45) is 4.17. The molecule has 2 aromatic rings. The number of piperazine rings is 1. The van der Waals surface area contributed by atoms with Gasteiger partial charge in [-0.25, -0.2) is 4.98 Å². The Balaban J connectivity index is 1.31. The maximum absolute atomic E-state index is 5.87. The van der Waals surface area contributed by atoms with Crippen LogP contribution < -0.4 is 9.64 Å². The molecule has 0 radical (unpaired) electrons. The third-order valence-electron chi connectivity index (χ3n) is 4.57. The van der Waals surface area contributed by atoms with Gasteiger partial charge in [-0.2, -0.15) is 0 Å². The molecule has 24 heavy (non-hydrogen) atoms. The third kappa shape index (κ3) is 4.71. The van der Waals surface area contributed by atoms with Gasteiger partial charge < -0.3 is 9.64 Å². The van der Waals surface area contributed by atoms with Gasteiger partial charge in [0.1, 0.15) is 11.6 Å². The Morgan fingerprint density at radius 1 is 0.958 bits per heavy atom. The van der Waals surface area contributed by atoms with E-state index in [4.69, 9.17) is 4.74 Å². The second-order valence-electron chi connectivity index (χ2n) is 6.34. The summed E-state index contributed by atoms with van der Waals surface area (Å²) in [6.45, 7) is 8.43. The molecule has 0 spiro atoms. The molecule has 0 amide bonds. The fraction of sp³-hybridized carbons (Fsp3) is 0.450. The van der Waals surface area contributed by atoms with Crippen LogP contribution in [0.1, 0.15) is 18.4 Å². The lowest BCUT2D eigenvalue weighted by Crippen LogP contribution is -2.46. The first-order valence-corrected chi connectivity index (χ1v) is 8.90. The zero-order chi connectivity index (χ0) is 16.6. The number of aryl methyl sites for hydroxylation is 1. The van der Waals surface area contributed by atoms with Crippen molar-refractivity contribution in [1.29, 1.82) is 0 Å². The molecule has 1 aromatic carbocycles. The number of para-hydroxylation sites is 1. The fourth-order valence-electron chi connectivity index (χ4n) is 3.08. The molecule has 1 aliphatic rings. The molecule has 4 heteroatoms. The van der Waals surface area contributed by atoms with E-state index >= 15 is 0 Å². The lowest BCUT2D eigenvalue weighted by atomic mass is 10.2. The average Bonchev–Trinajstić information content (AvgIpc) is 2.64. The van der Waals surface area contributed by atoms with Gasteiger partial charge in [-0.15, -0.1) is 0 Å². The molecule has 4 nitrogen and oxygen atoms in total. The number of pyridine rings is 1. The molecular weight excluding hydrogens is 298 g/mol. The number of hydrogen-bond acceptors (Lipinski definition) is 4. The number of rotatable bonds is 7. The van der Waals surface area contributed by atoms with Crippen molar-refractivity contribution in [2.24, 2.45) is 0 Å². The van der Waals surface area contributed by atoms with Gasteiger partial charge in [0, 0.05) is 32.4 Å². The quantitative estimate of drug-likeness (QED) is 0.730. The van der Waals surface area contributed by atoms with Crippen LogP contribution >= 0.6 is 0 Å². The molecule has 1 saturated heterocycles. The van der Waals surface area contributed by atoms with Crippen LogP contribution in [-0.2, 0) is 0 Å². The van der Waals surface area contributed by atoms with Crippen LogP contribution in [0.4, 0.5) is 5.82 Å². The minimum absolute atomic E-state index is 0.804. The number of aromatic nitrogens is 1. The van der Waals surface area contributed by atoms with Crippen molar-refractivity contribution in [2.45, 2.75) is 19.8 Å². The molecule has 1 aliphatic heterocycles.